The number of fused-ring (bicyclic) bond motifs is 1. The number of nitrogens with one attached hydrogen (secondary N) is 1. The van der Waals surface area contributed by atoms with Crippen LogP contribution in [0.5, 0.6) is 5.75 Å². The number of nitrogens with zero attached hydrogens (tertiary/aromatic N) is 3. The SMILES string of the molecule is C=CCn1c(SC(C)C(=O)c2c(C)[nH]c3ccccc23)nnc1-c1ccccc1OC. The van der Waals surface area contributed by atoms with Gasteiger partial charge in [0.2, 0.25) is 0 Å². The lowest BCUT2D eigenvalue weighted by atomic mass is 10.1. The Morgan fingerprint density at radius 1 is 1.23 bits per heavy atom. The van der Waals surface area contributed by atoms with Gasteiger partial charge in [0.05, 0.1) is 17.9 Å². The number of ketones is 1. The van der Waals surface area contributed by atoms with Gasteiger partial charge in [0.1, 0.15) is 5.75 Å². The highest BCUT2D eigenvalue weighted by Gasteiger charge is 2.25. The van der Waals surface area contributed by atoms with Crippen molar-refractivity contribution in [1.82, 2.24) is 19.7 Å². The molecular formula is C24H24N4O2S. The van der Waals surface area contributed by atoms with Crippen LogP contribution in [0.25, 0.3) is 22.3 Å². The first kappa shape index (κ1) is 20.9. The molecular weight excluding hydrogens is 408 g/mol. The summed E-state index contributed by atoms with van der Waals surface area (Å²) in [5, 5.41) is 10.1. The summed E-state index contributed by atoms with van der Waals surface area (Å²) in [7, 11) is 1.63. The lowest BCUT2D eigenvalue weighted by Gasteiger charge is -2.13. The molecule has 2 aromatic heterocycles. The van der Waals surface area contributed by atoms with Gasteiger partial charge in [0.25, 0.3) is 0 Å². The molecule has 0 radical (unpaired) electrons. The summed E-state index contributed by atoms with van der Waals surface area (Å²) in [5.74, 6) is 1.46. The van der Waals surface area contributed by atoms with Crippen LogP contribution in [-0.2, 0) is 6.54 Å². The van der Waals surface area contributed by atoms with E-state index in [1.165, 1.54) is 11.8 Å². The number of methoxy groups -OCH3 is 1. The van der Waals surface area contributed by atoms with Crippen molar-refractivity contribution in [3.8, 4) is 17.1 Å². The Bertz CT molecular complexity index is 1260. The van der Waals surface area contributed by atoms with Crippen molar-refractivity contribution in [3.05, 3.63) is 72.4 Å². The molecule has 7 heteroatoms. The highest BCUT2D eigenvalue weighted by atomic mass is 32.2. The average Bonchev–Trinajstić information content (AvgIpc) is 3.33. The van der Waals surface area contributed by atoms with E-state index < -0.39 is 0 Å². The number of para-hydroxylation sites is 2. The zero-order valence-corrected chi connectivity index (χ0v) is 18.6. The van der Waals surface area contributed by atoms with Crippen LogP contribution in [0.4, 0.5) is 0 Å². The minimum absolute atomic E-state index is 0.0620. The van der Waals surface area contributed by atoms with Gasteiger partial charge < -0.3 is 9.72 Å². The number of benzene rings is 2. The molecule has 0 amide bonds. The fraction of sp³-hybridized carbons (Fsp3) is 0.208. The van der Waals surface area contributed by atoms with Crippen molar-refractivity contribution < 1.29 is 9.53 Å². The summed E-state index contributed by atoms with van der Waals surface area (Å²) in [4.78, 5) is 16.7. The summed E-state index contributed by atoms with van der Waals surface area (Å²) in [6, 6.07) is 15.6. The number of rotatable bonds is 8. The van der Waals surface area contributed by atoms with Crippen LogP contribution in [-0.4, -0.2) is 37.9 Å². The van der Waals surface area contributed by atoms with Crippen molar-refractivity contribution in [1.29, 1.82) is 0 Å². The highest BCUT2D eigenvalue weighted by Crippen LogP contribution is 2.33. The third kappa shape index (κ3) is 3.88. The lowest BCUT2D eigenvalue weighted by molar-refractivity contribution is 0.0995. The molecule has 0 aliphatic rings. The third-order valence-corrected chi connectivity index (χ3v) is 6.25. The second kappa shape index (κ2) is 8.81. The number of allylic oxidation sites excluding steroid dienone is 1. The first-order valence-electron chi connectivity index (χ1n) is 10.0. The molecule has 4 rings (SSSR count). The summed E-state index contributed by atoms with van der Waals surface area (Å²) >= 11 is 1.40. The molecule has 6 nitrogen and oxygen atoms in total. The molecule has 1 atom stereocenters. The van der Waals surface area contributed by atoms with Crippen LogP contribution in [0, 0.1) is 6.92 Å². The van der Waals surface area contributed by atoms with Crippen LogP contribution in [0.3, 0.4) is 0 Å². The number of aromatic nitrogens is 4. The van der Waals surface area contributed by atoms with Crippen molar-refractivity contribution >= 4 is 28.4 Å². The van der Waals surface area contributed by atoms with Crippen LogP contribution in [0.15, 0.2) is 66.3 Å². The molecule has 31 heavy (non-hydrogen) atoms. The van der Waals surface area contributed by atoms with Crippen molar-refractivity contribution in [2.75, 3.05) is 7.11 Å². The zero-order valence-electron chi connectivity index (χ0n) is 17.8. The van der Waals surface area contributed by atoms with E-state index in [0.717, 1.165) is 33.5 Å². The second-order valence-corrected chi connectivity index (χ2v) is 8.51. The molecule has 0 saturated carbocycles. The first-order chi connectivity index (χ1) is 15.0. The van der Waals surface area contributed by atoms with Crippen LogP contribution in [0.1, 0.15) is 23.0 Å². The number of thioether (sulfide) groups is 1. The van der Waals surface area contributed by atoms with Crippen molar-refractivity contribution in [2.24, 2.45) is 0 Å². The molecule has 0 bridgehead atoms. The predicted octanol–water partition coefficient (Wildman–Crippen LogP) is 5.29. The van der Waals surface area contributed by atoms with E-state index in [2.05, 4.69) is 21.8 Å². The quantitative estimate of drug-likeness (QED) is 0.233. The average molecular weight is 433 g/mol. The van der Waals surface area contributed by atoms with Gasteiger partial charge in [-0.25, -0.2) is 0 Å². The maximum absolute atomic E-state index is 13.4. The first-order valence-corrected chi connectivity index (χ1v) is 10.9. The number of H-pyrrole nitrogens is 1. The van der Waals surface area contributed by atoms with E-state index in [9.17, 15) is 4.79 Å². The molecule has 2 heterocycles. The van der Waals surface area contributed by atoms with Gasteiger partial charge in [-0.05, 0) is 32.0 Å². The Hall–Kier alpha value is -3.32. The molecule has 2 aromatic carbocycles. The number of aromatic amines is 1. The summed E-state index contributed by atoms with van der Waals surface area (Å²) in [6.45, 7) is 8.23. The van der Waals surface area contributed by atoms with Gasteiger partial charge in [-0.3, -0.25) is 9.36 Å². The van der Waals surface area contributed by atoms with E-state index in [4.69, 9.17) is 4.74 Å². The van der Waals surface area contributed by atoms with E-state index >= 15 is 0 Å². The van der Waals surface area contributed by atoms with Gasteiger partial charge in [0, 0.05) is 28.7 Å². The van der Waals surface area contributed by atoms with Gasteiger partial charge >= 0.3 is 0 Å². The Labute approximate surface area is 185 Å². The smallest absolute Gasteiger partial charge is 0.192 e. The largest absolute Gasteiger partial charge is 0.496 e. The second-order valence-electron chi connectivity index (χ2n) is 7.20. The van der Waals surface area contributed by atoms with Gasteiger partial charge in [-0.1, -0.05) is 48.2 Å². The Morgan fingerprint density at radius 3 is 2.74 bits per heavy atom. The topological polar surface area (TPSA) is 72.8 Å². The van der Waals surface area contributed by atoms with Crippen LogP contribution < -0.4 is 4.74 Å². The van der Waals surface area contributed by atoms with E-state index in [1.54, 1.807) is 13.2 Å². The third-order valence-electron chi connectivity index (χ3n) is 5.17. The summed E-state index contributed by atoms with van der Waals surface area (Å²) in [6.07, 6.45) is 1.79. The number of Topliss-reactive ketones (excluding diaryl/α,β-unsaturated/α-hetero) is 1. The number of aryl methyl sites for hydroxylation is 1. The van der Waals surface area contributed by atoms with E-state index in [1.807, 2.05) is 66.9 Å². The molecule has 0 fully saturated rings. The number of ether oxygens (including phenoxy) is 1. The standard InChI is InChI=1S/C24H24N4O2S/c1-5-14-28-23(18-11-7-9-13-20(18)30-4)26-27-24(28)31-16(3)22(29)21-15(2)25-19-12-8-6-10-17(19)21/h5-13,16,25H,1,14H2,2-4H3. The Morgan fingerprint density at radius 2 is 1.97 bits per heavy atom. The van der Waals surface area contributed by atoms with Crippen LogP contribution >= 0.6 is 11.8 Å². The molecule has 0 aliphatic heterocycles. The number of carbonyl (C=O) groups is 1. The maximum Gasteiger partial charge on any atom is 0.192 e. The zero-order chi connectivity index (χ0) is 22.0. The molecule has 4 aromatic rings. The summed E-state index contributed by atoms with van der Waals surface area (Å²) in [5.41, 5.74) is 3.42. The Kier molecular flexibility index (Phi) is 5.95. The molecule has 0 spiro atoms. The normalized spacial score (nSPS) is 12.1. The number of hydrogen-bond acceptors (Lipinski definition) is 5. The minimum Gasteiger partial charge on any atom is -0.496 e. The lowest BCUT2D eigenvalue weighted by Crippen LogP contribution is -2.15. The van der Waals surface area contributed by atoms with E-state index in [0.29, 0.717) is 17.5 Å². The molecule has 1 unspecified atom stereocenters. The maximum atomic E-state index is 13.4. The number of hydrogen-bond donors (Lipinski definition) is 1. The Balaban J connectivity index is 1.67. The van der Waals surface area contributed by atoms with Crippen LogP contribution in [0.2, 0.25) is 0 Å². The molecule has 158 valence electrons. The minimum atomic E-state index is -0.337. The summed E-state index contributed by atoms with van der Waals surface area (Å²) < 4.78 is 7.45. The van der Waals surface area contributed by atoms with Gasteiger partial charge in [-0.15, -0.1) is 16.8 Å². The molecule has 0 saturated heterocycles. The fourth-order valence-corrected chi connectivity index (χ4v) is 4.62. The van der Waals surface area contributed by atoms with Crippen molar-refractivity contribution in [2.45, 2.75) is 30.8 Å². The monoisotopic (exact) mass is 432 g/mol. The molecule has 0 aliphatic carbocycles. The van der Waals surface area contributed by atoms with E-state index in [-0.39, 0.29) is 11.0 Å². The number of carbonyl (C=O) groups excluding carboxylic acids is 1. The van der Waals surface area contributed by atoms with Crippen molar-refractivity contribution in [3.63, 3.8) is 0 Å². The predicted molar refractivity (Wildman–Crippen MR) is 125 cm³/mol. The van der Waals surface area contributed by atoms with Gasteiger partial charge in [0.15, 0.2) is 16.8 Å². The fourth-order valence-electron chi connectivity index (χ4n) is 3.71. The molecule has 1 N–H and O–H groups in total. The highest BCUT2D eigenvalue weighted by molar-refractivity contribution is 8.00. The van der Waals surface area contributed by atoms with Gasteiger partial charge in [-0.2, -0.15) is 0 Å².